The van der Waals surface area contributed by atoms with Gasteiger partial charge in [-0.1, -0.05) is 81.4 Å². The topological polar surface area (TPSA) is 29.1 Å². The smallest absolute Gasteiger partial charge is 0.223 e. The molecule has 0 saturated heterocycles. The minimum atomic E-state index is -0.236. The number of rotatable bonds is 8. The lowest BCUT2D eigenvalue weighted by Crippen LogP contribution is -2.48. The van der Waals surface area contributed by atoms with Gasteiger partial charge in [0.05, 0.1) is 0 Å². The minimum Gasteiger partial charge on any atom is -0.351 e. The van der Waals surface area contributed by atoms with Crippen molar-refractivity contribution in [1.82, 2.24) is 5.32 Å². The van der Waals surface area contributed by atoms with Crippen molar-refractivity contribution >= 4 is 5.91 Å². The highest BCUT2D eigenvalue weighted by atomic mass is 16.2. The van der Waals surface area contributed by atoms with Crippen LogP contribution in [-0.2, 0) is 17.6 Å². The summed E-state index contributed by atoms with van der Waals surface area (Å²) in [5, 5.41) is 3.28. The maximum absolute atomic E-state index is 12.7. The Morgan fingerprint density at radius 2 is 1.38 bits per heavy atom. The number of hydrogen-bond acceptors (Lipinski definition) is 1. The van der Waals surface area contributed by atoms with Crippen LogP contribution in [0.5, 0.6) is 0 Å². The maximum Gasteiger partial charge on any atom is 0.223 e. The molecule has 2 aromatic carbocycles. The molecule has 1 N–H and O–H groups in total. The molecule has 2 heteroatoms. The summed E-state index contributed by atoms with van der Waals surface area (Å²) in [6.07, 6.45) is 2.71. The van der Waals surface area contributed by atoms with Crippen molar-refractivity contribution < 1.29 is 4.79 Å². The third-order valence-corrected chi connectivity index (χ3v) is 4.74. The Bertz CT molecular complexity index is 689. The maximum atomic E-state index is 12.7. The van der Waals surface area contributed by atoms with Gasteiger partial charge in [0.1, 0.15) is 0 Å². The Morgan fingerprint density at radius 3 is 1.92 bits per heavy atom. The van der Waals surface area contributed by atoms with Gasteiger partial charge in [-0.3, -0.25) is 4.79 Å². The molecule has 1 atom stereocenters. The van der Waals surface area contributed by atoms with E-state index >= 15 is 0 Å². The van der Waals surface area contributed by atoms with E-state index in [-0.39, 0.29) is 22.8 Å². The van der Waals surface area contributed by atoms with Crippen LogP contribution in [0.4, 0.5) is 0 Å². The molecule has 0 aliphatic carbocycles. The summed E-state index contributed by atoms with van der Waals surface area (Å²) < 4.78 is 0. The molecular weight excluding hydrogens is 318 g/mol. The zero-order valence-corrected chi connectivity index (χ0v) is 16.9. The van der Waals surface area contributed by atoms with E-state index in [9.17, 15) is 4.79 Å². The Labute approximate surface area is 159 Å². The van der Waals surface area contributed by atoms with Gasteiger partial charge < -0.3 is 5.32 Å². The van der Waals surface area contributed by atoms with Crippen LogP contribution in [0.1, 0.15) is 52.2 Å². The third kappa shape index (κ3) is 6.67. The molecule has 26 heavy (non-hydrogen) atoms. The Balaban J connectivity index is 1.92. The molecule has 0 radical (unpaired) electrons. The molecule has 0 aliphatic heterocycles. The summed E-state index contributed by atoms with van der Waals surface area (Å²) in [5.41, 5.74) is 2.43. The first-order chi connectivity index (χ1) is 12.2. The zero-order chi connectivity index (χ0) is 19.2. The fraction of sp³-hybridized carbons (Fsp3) is 0.458. The van der Waals surface area contributed by atoms with Crippen molar-refractivity contribution in [3.8, 4) is 0 Å². The summed E-state index contributed by atoms with van der Waals surface area (Å²) in [6.45, 7) is 10.8. The molecule has 0 aliphatic rings. The number of carbonyl (C=O) groups excluding carboxylic acids is 1. The summed E-state index contributed by atoms with van der Waals surface area (Å²) in [7, 11) is 0. The van der Waals surface area contributed by atoms with Crippen LogP contribution in [-0.4, -0.2) is 11.4 Å². The first-order valence-electron chi connectivity index (χ1n) is 9.57. The van der Waals surface area contributed by atoms with E-state index < -0.39 is 0 Å². The van der Waals surface area contributed by atoms with Crippen molar-refractivity contribution in [2.75, 3.05) is 0 Å². The molecule has 2 rings (SSSR count). The van der Waals surface area contributed by atoms with E-state index in [0.29, 0.717) is 0 Å². The lowest BCUT2D eigenvalue weighted by atomic mass is 9.76. The molecule has 0 bridgehead atoms. The number of carbonyl (C=O) groups is 1. The molecular formula is C24H33NO. The third-order valence-electron chi connectivity index (χ3n) is 4.74. The monoisotopic (exact) mass is 351 g/mol. The van der Waals surface area contributed by atoms with Crippen LogP contribution in [0.15, 0.2) is 60.7 Å². The van der Waals surface area contributed by atoms with Gasteiger partial charge in [-0.15, -0.1) is 0 Å². The normalized spacial score (nSPS) is 13.3. The summed E-state index contributed by atoms with van der Waals surface area (Å²) in [4.78, 5) is 12.7. The SMILES string of the molecule is CC(Cc1ccccc1)C(=O)NC(C)(C)CC(C)(C)Cc1ccccc1. The fourth-order valence-electron chi connectivity index (χ4n) is 3.97. The average Bonchev–Trinajstić information content (AvgIpc) is 2.54. The molecule has 0 spiro atoms. The first-order valence-corrected chi connectivity index (χ1v) is 9.57. The van der Waals surface area contributed by atoms with Gasteiger partial charge in [-0.2, -0.15) is 0 Å². The lowest BCUT2D eigenvalue weighted by molar-refractivity contribution is -0.126. The van der Waals surface area contributed by atoms with Gasteiger partial charge in [0.25, 0.3) is 0 Å². The second-order valence-electron chi connectivity index (χ2n) is 8.97. The van der Waals surface area contributed by atoms with Crippen LogP contribution in [0, 0.1) is 11.3 Å². The second kappa shape index (κ2) is 8.53. The molecule has 0 aromatic heterocycles. The second-order valence-corrected chi connectivity index (χ2v) is 8.97. The molecule has 0 fully saturated rings. The molecule has 0 heterocycles. The average molecular weight is 352 g/mol. The van der Waals surface area contributed by atoms with Crippen LogP contribution in [0.25, 0.3) is 0 Å². The van der Waals surface area contributed by atoms with E-state index in [4.69, 9.17) is 0 Å². The van der Waals surface area contributed by atoms with Gasteiger partial charge in [-0.25, -0.2) is 0 Å². The van der Waals surface area contributed by atoms with Crippen LogP contribution in [0.2, 0.25) is 0 Å². The number of nitrogens with one attached hydrogen (secondary N) is 1. The van der Waals surface area contributed by atoms with Gasteiger partial charge in [0.2, 0.25) is 5.91 Å². The Kier molecular flexibility index (Phi) is 6.63. The first kappa shape index (κ1) is 20.2. The lowest BCUT2D eigenvalue weighted by Gasteiger charge is -2.36. The van der Waals surface area contributed by atoms with Crippen LogP contribution in [0.3, 0.4) is 0 Å². The molecule has 2 nitrogen and oxygen atoms in total. The largest absolute Gasteiger partial charge is 0.351 e. The van der Waals surface area contributed by atoms with Crippen molar-refractivity contribution in [2.45, 2.75) is 59.4 Å². The van der Waals surface area contributed by atoms with Crippen molar-refractivity contribution in [3.63, 3.8) is 0 Å². The molecule has 2 aromatic rings. The molecule has 1 unspecified atom stereocenters. The van der Waals surface area contributed by atoms with E-state index in [1.165, 1.54) is 11.1 Å². The quantitative estimate of drug-likeness (QED) is 0.676. The zero-order valence-electron chi connectivity index (χ0n) is 16.9. The standard InChI is InChI=1S/C24H33NO/c1-19(16-20-12-8-6-9-13-20)22(26)25-24(4,5)18-23(2,3)17-21-14-10-7-11-15-21/h6-15,19H,16-18H2,1-5H3,(H,25,26). The van der Waals surface area contributed by atoms with Crippen LogP contribution >= 0.6 is 0 Å². The number of benzene rings is 2. The van der Waals surface area contributed by atoms with E-state index in [1.807, 2.05) is 25.1 Å². The number of hydrogen-bond donors (Lipinski definition) is 1. The van der Waals surface area contributed by atoms with Gasteiger partial charge in [-0.05, 0) is 49.7 Å². The summed E-state index contributed by atoms with van der Waals surface area (Å²) >= 11 is 0. The van der Waals surface area contributed by atoms with E-state index in [0.717, 1.165) is 19.3 Å². The minimum absolute atomic E-state index is 0.0334. The molecule has 1 amide bonds. The van der Waals surface area contributed by atoms with Gasteiger partial charge in [0.15, 0.2) is 0 Å². The highest BCUT2D eigenvalue weighted by molar-refractivity contribution is 5.79. The Morgan fingerprint density at radius 1 is 0.885 bits per heavy atom. The molecule has 140 valence electrons. The van der Waals surface area contributed by atoms with Crippen molar-refractivity contribution in [3.05, 3.63) is 71.8 Å². The highest BCUT2D eigenvalue weighted by Gasteiger charge is 2.31. The van der Waals surface area contributed by atoms with E-state index in [1.54, 1.807) is 0 Å². The van der Waals surface area contributed by atoms with Gasteiger partial charge in [0, 0.05) is 11.5 Å². The van der Waals surface area contributed by atoms with Crippen LogP contribution < -0.4 is 5.32 Å². The number of amides is 1. The summed E-state index contributed by atoms with van der Waals surface area (Å²) in [5.74, 6) is 0.100. The summed E-state index contributed by atoms with van der Waals surface area (Å²) in [6, 6.07) is 20.8. The van der Waals surface area contributed by atoms with E-state index in [2.05, 4.69) is 75.5 Å². The highest BCUT2D eigenvalue weighted by Crippen LogP contribution is 2.32. The molecule has 0 saturated carbocycles. The van der Waals surface area contributed by atoms with Crippen molar-refractivity contribution in [1.29, 1.82) is 0 Å². The van der Waals surface area contributed by atoms with Crippen molar-refractivity contribution in [2.24, 2.45) is 11.3 Å². The van der Waals surface area contributed by atoms with Gasteiger partial charge >= 0.3 is 0 Å². The predicted molar refractivity (Wildman–Crippen MR) is 110 cm³/mol. The predicted octanol–water partition coefficient (Wildman–Crippen LogP) is 5.42. The Hall–Kier alpha value is -2.09. The fourth-order valence-corrected chi connectivity index (χ4v) is 3.97.